The molecule has 1 aromatic carbocycles. The zero-order chi connectivity index (χ0) is 10.1. The van der Waals surface area contributed by atoms with Crippen molar-refractivity contribution in [1.82, 2.24) is 0 Å². The lowest BCUT2D eigenvalue weighted by Gasteiger charge is -1.89. The summed E-state index contributed by atoms with van der Waals surface area (Å²) in [6.07, 6.45) is 8.32. The Morgan fingerprint density at radius 1 is 1.21 bits per heavy atom. The third-order valence-corrected chi connectivity index (χ3v) is 1.92. The van der Waals surface area contributed by atoms with Crippen LogP contribution in [-0.4, -0.2) is 12.8 Å². The van der Waals surface area contributed by atoms with E-state index in [-0.39, 0.29) is 0 Å². The predicted octanol–water partition coefficient (Wildman–Crippen LogP) is 3.57. The summed E-state index contributed by atoms with van der Waals surface area (Å²) in [4.78, 5) is 4.26. The van der Waals surface area contributed by atoms with E-state index in [1.807, 2.05) is 30.5 Å². The van der Waals surface area contributed by atoms with Crippen molar-refractivity contribution in [2.45, 2.75) is 19.8 Å². The van der Waals surface area contributed by atoms with Gasteiger partial charge in [-0.3, -0.25) is 4.99 Å². The van der Waals surface area contributed by atoms with Crippen molar-refractivity contribution in [3.8, 4) is 0 Å². The number of aliphatic imine (C=N–C) groups is 1. The standard InChI is InChI=1S/C13H17N/c1-2-3-11-14-12-7-10-13-8-5-4-6-9-13/h4-10,12H,2-3,11H2,1H3/b10-7+,14-12+. The molecule has 0 heterocycles. The van der Waals surface area contributed by atoms with Gasteiger partial charge in [0.1, 0.15) is 0 Å². The number of hydrogen-bond acceptors (Lipinski definition) is 1. The van der Waals surface area contributed by atoms with Gasteiger partial charge in [-0.1, -0.05) is 49.8 Å². The molecule has 14 heavy (non-hydrogen) atoms. The van der Waals surface area contributed by atoms with E-state index in [1.54, 1.807) is 0 Å². The van der Waals surface area contributed by atoms with E-state index in [0.717, 1.165) is 6.54 Å². The lowest BCUT2D eigenvalue weighted by Crippen LogP contribution is -1.78. The normalized spacial score (nSPS) is 11.5. The van der Waals surface area contributed by atoms with E-state index >= 15 is 0 Å². The van der Waals surface area contributed by atoms with Gasteiger partial charge in [0.15, 0.2) is 0 Å². The van der Waals surface area contributed by atoms with Gasteiger partial charge >= 0.3 is 0 Å². The molecule has 0 saturated carbocycles. The van der Waals surface area contributed by atoms with E-state index in [4.69, 9.17) is 0 Å². The van der Waals surface area contributed by atoms with Crippen LogP contribution < -0.4 is 0 Å². The average molecular weight is 187 g/mol. The fourth-order valence-corrected chi connectivity index (χ4v) is 1.10. The summed E-state index contributed by atoms with van der Waals surface area (Å²) in [6, 6.07) is 10.3. The fraction of sp³-hybridized carbons (Fsp3) is 0.308. The van der Waals surface area contributed by atoms with Gasteiger partial charge in [0.2, 0.25) is 0 Å². The van der Waals surface area contributed by atoms with E-state index < -0.39 is 0 Å². The third-order valence-electron chi connectivity index (χ3n) is 1.92. The molecule has 1 aromatic rings. The van der Waals surface area contributed by atoms with Gasteiger partial charge in [-0.25, -0.2) is 0 Å². The van der Waals surface area contributed by atoms with Gasteiger partial charge in [-0.15, -0.1) is 0 Å². The van der Waals surface area contributed by atoms with Crippen molar-refractivity contribution in [2.24, 2.45) is 4.99 Å². The summed E-state index contributed by atoms with van der Waals surface area (Å²) >= 11 is 0. The van der Waals surface area contributed by atoms with Crippen LogP contribution in [-0.2, 0) is 0 Å². The molecule has 0 fully saturated rings. The number of unbranched alkanes of at least 4 members (excludes halogenated alkanes) is 1. The summed E-state index contributed by atoms with van der Waals surface area (Å²) < 4.78 is 0. The molecule has 74 valence electrons. The van der Waals surface area contributed by atoms with Crippen LogP contribution in [0.15, 0.2) is 41.4 Å². The highest BCUT2D eigenvalue weighted by Gasteiger charge is 1.80. The molecule has 0 amide bonds. The number of benzene rings is 1. The first kappa shape index (κ1) is 10.7. The Morgan fingerprint density at radius 3 is 2.71 bits per heavy atom. The van der Waals surface area contributed by atoms with Crippen LogP contribution in [0.5, 0.6) is 0 Å². The van der Waals surface area contributed by atoms with Gasteiger partial charge in [-0.2, -0.15) is 0 Å². The second kappa shape index (κ2) is 7.07. The topological polar surface area (TPSA) is 12.4 Å². The Hall–Kier alpha value is -1.37. The lowest BCUT2D eigenvalue weighted by molar-refractivity contribution is 0.810. The van der Waals surface area contributed by atoms with Crippen LogP contribution in [0, 0.1) is 0 Å². The van der Waals surface area contributed by atoms with Crippen molar-refractivity contribution < 1.29 is 0 Å². The average Bonchev–Trinajstić information content (AvgIpc) is 2.25. The van der Waals surface area contributed by atoms with Gasteiger partial charge < -0.3 is 0 Å². The van der Waals surface area contributed by atoms with E-state index in [9.17, 15) is 0 Å². The molecule has 0 unspecified atom stereocenters. The van der Waals surface area contributed by atoms with Crippen molar-refractivity contribution in [3.63, 3.8) is 0 Å². The zero-order valence-corrected chi connectivity index (χ0v) is 8.69. The van der Waals surface area contributed by atoms with Gasteiger partial charge in [-0.05, 0) is 18.1 Å². The van der Waals surface area contributed by atoms with E-state index in [2.05, 4.69) is 30.1 Å². The summed E-state index contributed by atoms with van der Waals surface area (Å²) in [7, 11) is 0. The quantitative estimate of drug-likeness (QED) is 0.493. The maximum absolute atomic E-state index is 4.26. The van der Waals surface area contributed by atoms with Crippen LogP contribution in [0.2, 0.25) is 0 Å². The first-order valence-corrected chi connectivity index (χ1v) is 5.15. The van der Waals surface area contributed by atoms with Crippen molar-refractivity contribution in [2.75, 3.05) is 6.54 Å². The number of hydrogen-bond donors (Lipinski definition) is 0. The monoisotopic (exact) mass is 187 g/mol. The predicted molar refractivity (Wildman–Crippen MR) is 63.7 cm³/mol. The van der Waals surface area contributed by atoms with Crippen molar-refractivity contribution >= 4 is 12.3 Å². The van der Waals surface area contributed by atoms with Gasteiger partial charge in [0.05, 0.1) is 0 Å². The van der Waals surface area contributed by atoms with Crippen LogP contribution in [0.3, 0.4) is 0 Å². The zero-order valence-electron chi connectivity index (χ0n) is 8.69. The Balaban J connectivity index is 2.31. The number of allylic oxidation sites excluding steroid dienone is 1. The minimum absolute atomic E-state index is 0.940. The summed E-state index contributed by atoms with van der Waals surface area (Å²) in [6.45, 7) is 3.12. The molecule has 0 saturated heterocycles. The maximum atomic E-state index is 4.26. The molecular weight excluding hydrogens is 170 g/mol. The fourth-order valence-electron chi connectivity index (χ4n) is 1.10. The maximum Gasteiger partial charge on any atom is 0.0389 e. The van der Waals surface area contributed by atoms with Crippen molar-refractivity contribution in [3.05, 3.63) is 42.0 Å². The molecule has 0 aromatic heterocycles. The number of rotatable bonds is 5. The molecular formula is C13H17N. The Morgan fingerprint density at radius 2 is 2.00 bits per heavy atom. The molecule has 0 radical (unpaired) electrons. The largest absolute Gasteiger partial charge is 0.293 e. The summed E-state index contributed by atoms with van der Waals surface area (Å²) in [5.41, 5.74) is 1.22. The van der Waals surface area contributed by atoms with Gasteiger partial charge in [0, 0.05) is 12.8 Å². The molecule has 0 aliphatic rings. The van der Waals surface area contributed by atoms with Crippen LogP contribution in [0.4, 0.5) is 0 Å². The highest BCUT2D eigenvalue weighted by molar-refractivity contribution is 5.78. The molecule has 1 rings (SSSR count). The highest BCUT2D eigenvalue weighted by Crippen LogP contribution is 1.99. The Kier molecular flexibility index (Phi) is 5.41. The molecule has 1 nitrogen and oxygen atoms in total. The Bertz CT molecular complexity index is 285. The molecule has 1 heteroatoms. The minimum Gasteiger partial charge on any atom is -0.293 e. The molecule has 0 aliphatic heterocycles. The van der Waals surface area contributed by atoms with Crippen LogP contribution >= 0.6 is 0 Å². The first-order valence-electron chi connectivity index (χ1n) is 5.15. The van der Waals surface area contributed by atoms with Crippen molar-refractivity contribution in [1.29, 1.82) is 0 Å². The summed E-state index contributed by atoms with van der Waals surface area (Å²) in [5.74, 6) is 0. The smallest absolute Gasteiger partial charge is 0.0389 e. The Labute approximate surface area is 86.2 Å². The SMILES string of the molecule is CCCC/N=C/C=C/c1ccccc1. The molecule has 0 aliphatic carbocycles. The van der Waals surface area contributed by atoms with Crippen LogP contribution in [0.25, 0.3) is 6.08 Å². The molecule has 0 bridgehead atoms. The van der Waals surface area contributed by atoms with Crippen LogP contribution in [0.1, 0.15) is 25.3 Å². The van der Waals surface area contributed by atoms with Gasteiger partial charge in [0.25, 0.3) is 0 Å². The lowest BCUT2D eigenvalue weighted by atomic mass is 10.2. The first-order chi connectivity index (χ1) is 6.93. The van der Waals surface area contributed by atoms with E-state index in [1.165, 1.54) is 18.4 Å². The minimum atomic E-state index is 0.940. The molecule has 0 atom stereocenters. The summed E-state index contributed by atoms with van der Waals surface area (Å²) in [5, 5.41) is 0. The molecule has 0 N–H and O–H groups in total. The second-order valence-corrected chi connectivity index (χ2v) is 3.18. The number of nitrogens with zero attached hydrogens (tertiary/aromatic N) is 1. The highest BCUT2D eigenvalue weighted by atomic mass is 14.7. The second-order valence-electron chi connectivity index (χ2n) is 3.18. The third kappa shape index (κ3) is 4.61. The molecule has 0 spiro atoms. The van der Waals surface area contributed by atoms with E-state index in [0.29, 0.717) is 0 Å².